The molecule has 1 unspecified atom stereocenters. The number of aliphatic hydroxyl groups excluding tert-OH is 1. The van der Waals surface area contributed by atoms with Crippen molar-refractivity contribution in [2.75, 3.05) is 32.2 Å². The van der Waals surface area contributed by atoms with E-state index < -0.39 is 72.6 Å². The van der Waals surface area contributed by atoms with E-state index in [9.17, 15) is 45.0 Å². The highest BCUT2D eigenvalue weighted by molar-refractivity contribution is 5.74. The quantitative estimate of drug-likeness (QED) is 0.168. The van der Waals surface area contributed by atoms with Gasteiger partial charge < -0.3 is 24.2 Å². The number of rotatable bonds is 11. The highest BCUT2D eigenvalue weighted by Crippen LogP contribution is 2.39. The number of benzene rings is 1. The van der Waals surface area contributed by atoms with Crippen LogP contribution in [-0.2, 0) is 27.2 Å². The molecule has 0 spiro atoms. The van der Waals surface area contributed by atoms with Crippen LogP contribution in [0.1, 0.15) is 31.5 Å². The third-order valence-corrected chi connectivity index (χ3v) is 8.09. The molecule has 2 fully saturated rings. The van der Waals surface area contributed by atoms with Crippen molar-refractivity contribution >= 4 is 11.9 Å². The molecular weight excluding hydrogens is 672 g/mol. The second kappa shape index (κ2) is 14.4. The molecule has 1 N–H and O–H groups in total. The van der Waals surface area contributed by atoms with E-state index >= 15 is 0 Å². The molecule has 1 aromatic carbocycles. The molecule has 2 aliphatic rings. The van der Waals surface area contributed by atoms with E-state index in [0.717, 1.165) is 0 Å². The molecule has 17 heteroatoms. The van der Waals surface area contributed by atoms with Crippen molar-refractivity contribution in [3.8, 4) is 16.9 Å². The number of carbonyl (C=O) groups excluding carboxylic acids is 1. The highest BCUT2D eigenvalue weighted by atomic mass is 19.4. The van der Waals surface area contributed by atoms with Gasteiger partial charge in [-0.2, -0.15) is 26.3 Å². The SMILES string of the molecule is C=C(/C=C(\C=C(/C)C(F)(F)F)[C@H]1OC(O)N(Cc2nc(N3CC(F)(F)C3)ncc2-c2cc(CCC(=O)OC)ccc2OC)[C@H]1C)C(F)(F)F. The lowest BCUT2D eigenvalue weighted by atomic mass is 9.97. The Morgan fingerprint density at radius 3 is 2.37 bits per heavy atom. The molecule has 0 radical (unpaired) electrons. The first-order valence-electron chi connectivity index (χ1n) is 14.8. The Morgan fingerprint density at radius 2 is 1.80 bits per heavy atom. The molecule has 0 saturated carbocycles. The van der Waals surface area contributed by atoms with Gasteiger partial charge >= 0.3 is 18.3 Å². The van der Waals surface area contributed by atoms with E-state index in [0.29, 0.717) is 41.5 Å². The molecule has 3 atom stereocenters. The second-order valence-corrected chi connectivity index (χ2v) is 11.6. The fraction of sp³-hybridized carbons (Fsp3) is 0.469. The Bertz CT molecular complexity index is 1620. The standard InChI is InChI=1S/C32H34F8N4O5/c1-17(31(35,36)37)10-21(11-18(2)32(38,39)40)27-19(3)44(29(46)49-27)14-24-23(13-41-28(42-24)43-15-30(33,34)16-43)22-12-20(6-8-25(22)47-4)7-9-26(45)48-5/h6,8,10-13,19,27,29,46H,1,7,9,14-16H2,2-5H3/b18-11+,21-10+/t19-,27-,29?/m0/s1. The number of esters is 1. The third kappa shape index (κ3) is 8.93. The van der Waals surface area contributed by atoms with Crippen LogP contribution in [0.3, 0.4) is 0 Å². The molecule has 49 heavy (non-hydrogen) atoms. The summed E-state index contributed by atoms with van der Waals surface area (Å²) in [6.45, 7) is 3.39. The van der Waals surface area contributed by atoms with Crippen molar-refractivity contribution in [2.45, 2.75) is 70.1 Å². The van der Waals surface area contributed by atoms with Crippen molar-refractivity contribution in [1.29, 1.82) is 0 Å². The Morgan fingerprint density at radius 1 is 1.12 bits per heavy atom. The van der Waals surface area contributed by atoms with Gasteiger partial charge in [-0.15, -0.1) is 0 Å². The molecule has 0 amide bonds. The second-order valence-electron chi connectivity index (χ2n) is 11.6. The van der Waals surface area contributed by atoms with Crippen LogP contribution in [0, 0.1) is 0 Å². The lowest BCUT2D eigenvalue weighted by Gasteiger charge is -2.38. The third-order valence-electron chi connectivity index (χ3n) is 8.09. The van der Waals surface area contributed by atoms with Gasteiger partial charge in [-0.05, 0) is 55.7 Å². The molecule has 0 bridgehead atoms. The largest absolute Gasteiger partial charge is 0.496 e. The van der Waals surface area contributed by atoms with Crippen molar-refractivity contribution in [3.63, 3.8) is 0 Å². The Hall–Kier alpha value is -4.09. The first kappa shape index (κ1) is 37.7. The average molecular weight is 707 g/mol. The van der Waals surface area contributed by atoms with Gasteiger partial charge in [0, 0.05) is 47.5 Å². The first-order valence-corrected chi connectivity index (χ1v) is 14.8. The van der Waals surface area contributed by atoms with Crippen LogP contribution in [0.2, 0.25) is 0 Å². The number of alkyl halides is 8. The van der Waals surface area contributed by atoms with Gasteiger partial charge in [-0.25, -0.2) is 23.6 Å². The molecule has 2 saturated heterocycles. The molecule has 4 rings (SSSR count). The summed E-state index contributed by atoms with van der Waals surface area (Å²) in [5, 5.41) is 11.0. The number of aliphatic hydroxyl groups is 1. The fourth-order valence-electron chi connectivity index (χ4n) is 5.30. The van der Waals surface area contributed by atoms with Crippen molar-refractivity contribution in [3.05, 3.63) is 71.1 Å². The zero-order chi connectivity index (χ0) is 36.5. The monoisotopic (exact) mass is 706 g/mol. The van der Waals surface area contributed by atoms with Gasteiger partial charge in [0.25, 0.3) is 5.92 Å². The van der Waals surface area contributed by atoms with E-state index in [4.69, 9.17) is 14.2 Å². The van der Waals surface area contributed by atoms with Gasteiger partial charge in [-0.1, -0.05) is 12.6 Å². The lowest BCUT2D eigenvalue weighted by molar-refractivity contribution is -0.148. The van der Waals surface area contributed by atoms with Gasteiger partial charge in [0.1, 0.15) is 11.9 Å². The maximum Gasteiger partial charge on any atom is 0.415 e. The number of halogens is 8. The van der Waals surface area contributed by atoms with Crippen molar-refractivity contribution in [1.82, 2.24) is 14.9 Å². The van der Waals surface area contributed by atoms with Crippen molar-refractivity contribution < 1.29 is 59.2 Å². The summed E-state index contributed by atoms with van der Waals surface area (Å²) < 4.78 is 124. The molecule has 2 aliphatic heterocycles. The number of methoxy groups -OCH3 is 2. The number of allylic oxidation sites excluding steroid dienone is 3. The summed E-state index contributed by atoms with van der Waals surface area (Å²) in [5.74, 6) is -3.15. The summed E-state index contributed by atoms with van der Waals surface area (Å²) >= 11 is 0. The number of hydrogen-bond acceptors (Lipinski definition) is 9. The minimum atomic E-state index is -4.96. The summed E-state index contributed by atoms with van der Waals surface area (Å²) in [4.78, 5) is 23.0. The van der Waals surface area contributed by atoms with Crippen LogP contribution in [-0.4, -0.2) is 90.1 Å². The Kier molecular flexibility index (Phi) is 11.1. The van der Waals surface area contributed by atoms with Gasteiger partial charge in [0.2, 0.25) is 12.4 Å². The van der Waals surface area contributed by atoms with Gasteiger partial charge in [-0.3, -0.25) is 4.79 Å². The first-order chi connectivity index (χ1) is 22.7. The van der Waals surface area contributed by atoms with Crippen LogP contribution >= 0.6 is 0 Å². The minimum absolute atomic E-state index is 0.0584. The van der Waals surface area contributed by atoms with Crippen molar-refractivity contribution in [2.24, 2.45) is 0 Å². The fourth-order valence-corrected chi connectivity index (χ4v) is 5.30. The predicted octanol–water partition coefficient (Wildman–Crippen LogP) is 6.13. The number of hydrogen-bond donors (Lipinski definition) is 1. The maximum atomic E-state index is 13.7. The van der Waals surface area contributed by atoms with E-state index in [-0.39, 0.29) is 31.0 Å². The van der Waals surface area contributed by atoms with E-state index in [1.807, 2.05) is 0 Å². The summed E-state index contributed by atoms with van der Waals surface area (Å²) in [6.07, 6.45) is -10.6. The molecule has 0 aliphatic carbocycles. The highest BCUT2D eigenvalue weighted by Gasteiger charge is 2.46. The molecular formula is C32H34F8N4O5. The smallest absolute Gasteiger partial charge is 0.415 e. The maximum absolute atomic E-state index is 13.7. The normalized spacial score (nSPS) is 21.8. The van der Waals surface area contributed by atoms with Crippen LogP contribution in [0.25, 0.3) is 11.1 Å². The zero-order valence-corrected chi connectivity index (χ0v) is 26.8. The van der Waals surface area contributed by atoms with Gasteiger partial charge in [0.05, 0.1) is 33.0 Å². The molecule has 1 aromatic heterocycles. The number of ether oxygens (including phenoxy) is 3. The molecule has 2 aromatic rings. The van der Waals surface area contributed by atoms with Crippen LogP contribution in [0.5, 0.6) is 5.75 Å². The van der Waals surface area contributed by atoms with E-state index in [1.54, 1.807) is 18.2 Å². The number of aryl methyl sites for hydroxylation is 1. The number of carbonyl (C=O) groups is 1. The summed E-state index contributed by atoms with van der Waals surface area (Å²) in [5.41, 5.74) is -1.64. The lowest BCUT2D eigenvalue weighted by Crippen LogP contribution is -2.57. The molecule has 3 heterocycles. The van der Waals surface area contributed by atoms with E-state index in [2.05, 4.69) is 16.5 Å². The average Bonchev–Trinajstić information content (AvgIpc) is 3.29. The van der Waals surface area contributed by atoms with Crippen LogP contribution < -0.4 is 9.64 Å². The molecule has 9 nitrogen and oxygen atoms in total. The zero-order valence-electron chi connectivity index (χ0n) is 26.8. The molecule has 268 valence electrons. The Balaban J connectivity index is 1.77. The van der Waals surface area contributed by atoms with Crippen LogP contribution in [0.15, 0.2) is 59.8 Å². The number of aromatic nitrogens is 2. The van der Waals surface area contributed by atoms with E-state index in [1.165, 1.54) is 37.1 Å². The van der Waals surface area contributed by atoms with Gasteiger partial charge in [0.15, 0.2) is 0 Å². The van der Waals surface area contributed by atoms with Crippen LogP contribution in [0.4, 0.5) is 41.1 Å². The topological polar surface area (TPSA) is 97.3 Å². The predicted molar refractivity (Wildman–Crippen MR) is 160 cm³/mol. The minimum Gasteiger partial charge on any atom is -0.496 e. The summed E-state index contributed by atoms with van der Waals surface area (Å²) in [6, 6.07) is 3.99. The number of anilines is 1. The Labute approximate surface area is 276 Å². The summed E-state index contributed by atoms with van der Waals surface area (Å²) in [7, 11) is 2.65. The number of nitrogens with zero attached hydrogens (tertiary/aromatic N) is 4.